The van der Waals surface area contributed by atoms with Gasteiger partial charge >= 0.3 is 0 Å². The predicted octanol–water partition coefficient (Wildman–Crippen LogP) is 3.87. The Bertz CT molecular complexity index is 1030. The van der Waals surface area contributed by atoms with E-state index in [4.69, 9.17) is 9.97 Å². The molecule has 1 aromatic heterocycles. The van der Waals surface area contributed by atoms with Crippen LogP contribution in [-0.2, 0) is 6.54 Å². The van der Waals surface area contributed by atoms with Crippen molar-refractivity contribution in [2.75, 3.05) is 30.9 Å². The number of hydrogen-bond acceptors (Lipinski definition) is 7. The van der Waals surface area contributed by atoms with Crippen LogP contribution < -0.4 is 15.5 Å². The smallest absolute Gasteiger partial charge is 0.225 e. The molecule has 4 N–H and O–H groups in total. The highest BCUT2D eigenvalue weighted by molar-refractivity contribution is 5.90. The van der Waals surface area contributed by atoms with E-state index in [-0.39, 0.29) is 11.5 Å². The number of aromatic hydroxyl groups is 2. The lowest BCUT2D eigenvalue weighted by Gasteiger charge is -2.29. The molecule has 4 rings (SSSR count). The summed E-state index contributed by atoms with van der Waals surface area (Å²) in [6, 6.07) is 13.5. The SMILES string of the molecule is CN(C)c1nc(N[C@H]2CC[C@@H](CNCc3ccc(O)c(O)c3)CC2)nc2ccccc12. The fourth-order valence-electron chi connectivity index (χ4n) is 4.26. The Morgan fingerprint density at radius 3 is 2.48 bits per heavy atom. The van der Waals surface area contributed by atoms with E-state index in [1.54, 1.807) is 6.07 Å². The lowest BCUT2D eigenvalue weighted by molar-refractivity contribution is 0.323. The van der Waals surface area contributed by atoms with Crippen LogP contribution in [-0.4, -0.2) is 46.9 Å². The Morgan fingerprint density at radius 1 is 0.968 bits per heavy atom. The molecule has 0 aliphatic heterocycles. The second-order valence-electron chi connectivity index (χ2n) is 8.60. The number of benzene rings is 2. The van der Waals surface area contributed by atoms with E-state index in [0.29, 0.717) is 24.5 Å². The van der Waals surface area contributed by atoms with Gasteiger partial charge in [0.25, 0.3) is 0 Å². The van der Waals surface area contributed by atoms with Crippen LogP contribution in [0, 0.1) is 5.92 Å². The van der Waals surface area contributed by atoms with Crippen LogP contribution in [0.1, 0.15) is 31.2 Å². The van der Waals surface area contributed by atoms with E-state index in [1.807, 2.05) is 43.3 Å². The summed E-state index contributed by atoms with van der Waals surface area (Å²) < 4.78 is 0. The van der Waals surface area contributed by atoms with E-state index < -0.39 is 0 Å². The lowest BCUT2D eigenvalue weighted by atomic mass is 9.86. The maximum atomic E-state index is 9.61. The number of phenolic OH excluding ortho intramolecular Hbond substituents is 2. The Hall–Kier alpha value is -3.06. The molecular formula is C24H31N5O2. The molecule has 0 bridgehead atoms. The molecule has 0 saturated heterocycles. The van der Waals surface area contributed by atoms with Crippen LogP contribution in [0.5, 0.6) is 11.5 Å². The molecule has 31 heavy (non-hydrogen) atoms. The zero-order valence-electron chi connectivity index (χ0n) is 18.2. The highest BCUT2D eigenvalue weighted by Gasteiger charge is 2.22. The zero-order chi connectivity index (χ0) is 21.8. The zero-order valence-corrected chi connectivity index (χ0v) is 18.2. The summed E-state index contributed by atoms with van der Waals surface area (Å²) in [7, 11) is 4.02. The molecular weight excluding hydrogens is 390 g/mol. The van der Waals surface area contributed by atoms with Crippen molar-refractivity contribution in [1.29, 1.82) is 0 Å². The third kappa shape index (κ3) is 5.17. The summed E-state index contributed by atoms with van der Waals surface area (Å²) in [6.07, 6.45) is 4.50. The van der Waals surface area contributed by atoms with Crippen molar-refractivity contribution in [1.82, 2.24) is 15.3 Å². The van der Waals surface area contributed by atoms with E-state index in [0.717, 1.165) is 54.5 Å². The normalized spacial score (nSPS) is 18.8. The highest BCUT2D eigenvalue weighted by atomic mass is 16.3. The van der Waals surface area contributed by atoms with Crippen molar-refractivity contribution in [3.05, 3.63) is 48.0 Å². The first-order valence-electron chi connectivity index (χ1n) is 10.9. The molecule has 2 aromatic carbocycles. The molecule has 3 aromatic rings. The van der Waals surface area contributed by atoms with Crippen LogP contribution >= 0.6 is 0 Å². The molecule has 7 nitrogen and oxygen atoms in total. The maximum absolute atomic E-state index is 9.61. The first-order chi connectivity index (χ1) is 15.0. The second-order valence-corrected chi connectivity index (χ2v) is 8.60. The molecule has 1 aliphatic carbocycles. The summed E-state index contributed by atoms with van der Waals surface area (Å²) in [5, 5.41) is 27.1. The molecule has 1 aliphatic rings. The number of hydrogen-bond donors (Lipinski definition) is 4. The van der Waals surface area contributed by atoms with Gasteiger partial charge in [0.15, 0.2) is 11.5 Å². The van der Waals surface area contributed by atoms with Crippen LogP contribution in [0.3, 0.4) is 0 Å². The standard InChI is InChI=1S/C24H31N5O2/c1-29(2)23-19-5-3-4-6-20(19)27-24(28-23)26-18-10-7-16(8-11-18)14-25-15-17-9-12-21(30)22(31)13-17/h3-6,9,12-13,16,18,25,30-31H,7-8,10-11,14-15H2,1-2H3,(H,26,27,28)/t16-,18+. The third-order valence-corrected chi connectivity index (χ3v) is 5.99. The van der Waals surface area contributed by atoms with Gasteiger partial charge in [0, 0.05) is 32.1 Å². The van der Waals surface area contributed by atoms with Crippen LogP contribution in [0.15, 0.2) is 42.5 Å². The Kier molecular flexibility index (Phi) is 6.42. The Labute approximate surface area is 183 Å². The first-order valence-corrected chi connectivity index (χ1v) is 10.9. The average molecular weight is 422 g/mol. The van der Waals surface area contributed by atoms with Crippen LogP contribution in [0.2, 0.25) is 0 Å². The van der Waals surface area contributed by atoms with Crippen molar-refractivity contribution in [3.63, 3.8) is 0 Å². The fraction of sp³-hybridized carbons (Fsp3) is 0.417. The first kappa shape index (κ1) is 21.2. The summed E-state index contributed by atoms with van der Waals surface area (Å²) in [5.41, 5.74) is 1.93. The molecule has 1 saturated carbocycles. The maximum Gasteiger partial charge on any atom is 0.225 e. The van der Waals surface area contributed by atoms with Gasteiger partial charge in [-0.25, -0.2) is 4.98 Å². The number of phenols is 2. The van der Waals surface area contributed by atoms with Gasteiger partial charge in [0.2, 0.25) is 5.95 Å². The number of nitrogens with zero attached hydrogens (tertiary/aromatic N) is 3. The molecule has 164 valence electrons. The third-order valence-electron chi connectivity index (χ3n) is 5.99. The number of anilines is 2. The lowest BCUT2D eigenvalue weighted by Crippen LogP contribution is -2.31. The second kappa shape index (κ2) is 9.39. The molecule has 0 spiro atoms. The van der Waals surface area contributed by atoms with Gasteiger partial charge in [0.05, 0.1) is 5.52 Å². The van der Waals surface area contributed by atoms with Crippen molar-refractivity contribution in [3.8, 4) is 11.5 Å². The highest BCUT2D eigenvalue weighted by Crippen LogP contribution is 2.28. The number of para-hydroxylation sites is 1. The molecule has 7 heteroatoms. The Morgan fingerprint density at radius 2 is 1.74 bits per heavy atom. The number of fused-ring (bicyclic) bond motifs is 1. The number of nitrogens with one attached hydrogen (secondary N) is 2. The minimum Gasteiger partial charge on any atom is -0.504 e. The largest absolute Gasteiger partial charge is 0.504 e. The summed E-state index contributed by atoms with van der Waals surface area (Å²) in [4.78, 5) is 11.5. The number of rotatable bonds is 7. The fourth-order valence-corrected chi connectivity index (χ4v) is 4.26. The molecule has 0 amide bonds. The van der Waals surface area contributed by atoms with Crippen molar-refractivity contribution in [2.45, 2.75) is 38.3 Å². The van der Waals surface area contributed by atoms with E-state index >= 15 is 0 Å². The van der Waals surface area contributed by atoms with Crippen molar-refractivity contribution >= 4 is 22.7 Å². The average Bonchev–Trinajstić information content (AvgIpc) is 2.77. The van der Waals surface area contributed by atoms with Gasteiger partial charge in [-0.3, -0.25) is 0 Å². The minimum absolute atomic E-state index is 0.0702. The Balaban J connectivity index is 1.29. The van der Waals surface area contributed by atoms with Gasteiger partial charge in [0.1, 0.15) is 5.82 Å². The molecule has 1 fully saturated rings. The van der Waals surface area contributed by atoms with Gasteiger partial charge in [-0.1, -0.05) is 18.2 Å². The van der Waals surface area contributed by atoms with Crippen LogP contribution in [0.25, 0.3) is 10.9 Å². The van der Waals surface area contributed by atoms with Gasteiger partial charge in [-0.2, -0.15) is 4.98 Å². The molecule has 0 unspecified atom stereocenters. The quantitative estimate of drug-likeness (QED) is 0.430. The van der Waals surface area contributed by atoms with E-state index in [2.05, 4.69) is 16.7 Å². The van der Waals surface area contributed by atoms with Crippen molar-refractivity contribution in [2.24, 2.45) is 5.92 Å². The van der Waals surface area contributed by atoms with E-state index in [1.165, 1.54) is 6.07 Å². The molecule has 1 heterocycles. The predicted molar refractivity (Wildman–Crippen MR) is 125 cm³/mol. The van der Waals surface area contributed by atoms with Crippen LogP contribution in [0.4, 0.5) is 11.8 Å². The van der Waals surface area contributed by atoms with Gasteiger partial charge in [-0.15, -0.1) is 0 Å². The number of aromatic nitrogens is 2. The topological polar surface area (TPSA) is 93.5 Å². The molecule has 0 atom stereocenters. The molecule has 0 radical (unpaired) electrons. The summed E-state index contributed by atoms with van der Waals surface area (Å²) in [6.45, 7) is 1.63. The minimum atomic E-state index is -0.0809. The summed E-state index contributed by atoms with van der Waals surface area (Å²) >= 11 is 0. The van der Waals surface area contributed by atoms with Gasteiger partial charge in [-0.05, 0) is 68.0 Å². The van der Waals surface area contributed by atoms with Gasteiger partial charge < -0.3 is 25.7 Å². The van der Waals surface area contributed by atoms with E-state index in [9.17, 15) is 10.2 Å². The van der Waals surface area contributed by atoms with Crippen molar-refractivity contribution < 1.29 is 10.2 Å². The monoisotopic (exact) mass is 421 g/mol. The summed E-state index contributed by atoms with van der Waals surface area (Å²) in [5.74, 6) is 2.13.